The molecule has 1 aromatic carbocycles. The Hall–Kier alpha value is -2.25. The number of nitrogens with two attached hydrogens (primary N) is 1. The maximum atomic E-state index is 12.4. The van der Waals surface area contributed by atoms with E-state index in [0.29, 0.717) is 18.1 Å². The Kier molecular flexibility index (Phi) is 5.15. The number of fused-ring (bicyclic) bond motifs is 1. The summed E-state index contributed by atoms with van der Waals surface area (Å²) in [6.07, 6.45) is 1.37. The molecule has 132 valence electrons. The van der Waals surface area contributed by atoms with E-state index in [9.17, 15) is 9.59 Å². The minimum Gasteiger partial charge on any atom is -0.368 e. The van der Waals surface area contributed by atoms with E-state index in [1.807, 2.05) is 43.0 Å². The molecule has 0 saturated carbocycles. The molecule has 2 amide bonds. The number of anilines is 1. The summed E-state index contributed by atoms with van der Waals surface area (Å²) in [5, 5.41) is 3.45. The van der Waals surface area contributed by atoms with Crippen molar-refractivity contribution in [2.24, 2.45) is 5.73 Å². The zero-order valence-corrected chi connectivity index (χ0v) is 15.2. The SMILES string of the molecule is CCc1nc(NC(=O)CN2Cc3ccccc3C[C@H]2C(N)=O)sc1C. The van der Waals surface area contributed by atoms with Crippen LogP contribution >= 0.6 is 11.3 Å². The van der Waals surface area contributed by atoms with Gasteiger partial charge in [0.15, 0.2) is 5.13 Å². The number of nitrogens with zero attached hydrogens (tertiary/aromatic N) is 2. The Morgan fingerprint density at radius 1 is 1.36 bits per heavy atom. The van der Waals surface area contributed by atoms with E-state index in [4.69, 9.17) is 5.73 Å². The highest BCUT2D eigenvalue weighted by molar-refractivity contribution is 7.15. The van der Waals surface area contributed by atoms with Crippen molar-refractivity contribution in [2.75, 3.05) is 11.9 Å². The van der Waals surface area contributed by atoms with Gasteiger partial charge in [-0.2, -0.15) is 0 Å². The van der Waals surface area contributed by atoms with Crippen molar-refractivity contribution in [3.05, 3.63) is 46.0 Å². The molecule has 0 radical (unpaired) electrons. The summed E-state index contributed by atoms with van der Waals surface area (Å²) in [7, 11) is 0. The number of nitrogens with one attached hydrogen (secondary N) is 1. The van der Waals surface area contributed by atoms with Gasteiger partial charge < -0.3 is 11.1 Å². The molecule has 3 N–H and O–H groups in total. The lowest BCUT2D eigenvalue weighted by Crippen LogP contribution is -2.50. The van der Waals surface area contributed by atoms with Gasteiger partial charge in [0.1, 0.15) is 0 Å². The number of thiazole rings is 1. The smallest absolute Gasteiger partial charge is 0.240 e. The van der Waals surface area contributed by atoms with Crippen molar-refractivity contribution in [1.29, 1.82) is 0 Å². The molecule has 7 heteroatoms. The Bertz CT molecular complexity index is 802. The van der Waals surface area contributed by atoms with Crippen LogP contribution in [0, 0.1) is 6.92 Å². The predicted molar refractivity (Wildman–Crippen MR) is 98.4 cm³/mol. The van der Waals surface area contributed by atoms with E-state index in [1.165, 1.54) is 11.3 Å². The highest BCUT2D eigenvalue weighted by Gasteiger charge is 2.31. The van der Waals surface area contributed by atoms with Gasteiger partial charge >= 0.3 is 0 Å². The molecule has 2 heterocycles. The van der Waals surface area contributed by atoms with Crippen LogP contribution in [0.5, 0.6) is 0 Å². The molecular weight excluding hydrogens is 336 g/mol. The first-order chi connectivity index (χ1) is 12.0. The van der Waals surface area contributed by atoms with Crippen molar-refractivity contribution in [1.82, 2.24) is 9.88 Å². The lowest BCUT2D eigenvalue weighted by molar-refractivity contribution is -0.125. The number of amides is 2. The normalized spacial score (nSPS) is 17.1. The number of primary amides is 1. The Morgan fingerprint density at radius 2 is 2.08 bits per heavy atom. The van der Waals surface area contributed by atoms with E-state index >= 15 is 0 Å². The van der Waals surface area contributed by atoms with Gasteiger partial charge in [-0.3, -0.25) is 14.5 Å². The first-order valence-corrected chi connectivity index (χ1v) is 9.16. The zero-order chi connectivity index (χ0) is 18.0. The number of aryl methyl sites for hydroxylation is 2. The Labute approximate surface area is 151 Å². The molecule has 1 aliphatic heterocycles. The summed E-state index contributed by atoms with van der Waals surface area (Å²) >= 11 is 1.47. The highest BCUT2D eigenvalue weighted by atomic mass is 32.1. The van der Waals surface area contributed by atoms with Crippen molar-refractivity contribution in [3.63, 3.8) is 0 Å². The standard InChI is InChI=1S/C18H22N4O2S/c1-3-14-11(2)25-18(20-14)21-16(23)10-22-9-13-7-5-4-6-12(13)8-15(22)17(19)24/h4-7,15H,3,8-10H2,1-2H3,(H2,19,24)(H,20,21,23)/t15-/m0/s1. The van der Waals surface area contributed by atoms with Crippen LogP contribution in [0.1, 0.15) is 28.6 Å². The summed E-state index contributed by atoms with van der Waals surface area (Å²) in [5.41, 5.74) is 8.81. The van der Waals surface area contributed by atoms with E-state index in [0.717, 1.165) is 28.1 Å². The lowest BCUT2D eigenvalue weighted by atomic mass is 9.93. The largest absolute Gasteiger partial charge is 0.368 e. The van der Waals surface area contributed by atoms with Crippen LogP contribution < -0.4 is 11.1 Å². The molecule has 0 unspecified atom stereocenters. The number of hydrogen-bond acceptors (Lipinski definition) is 5. The monoisotopic (exact) mass is 358 g/mol. The van der Waals surface area contributed by atoms with Crippen molar-refractivity contribution < 1.29 is 9.59 Å². The topological polar surface area (TPSA) is 88.3 Å². The molecule has 0 bridgehead atoms. The summed E-state index contributed by atoms with van der Waals surface area (Å²) in [5.74, 6) is -0.581. The molecule has 1 atom stereocenters. The van der Waals surface area contributed by atoms with Gasteiger partial charge in [0, 0.05) is 11.4 Å². The molecule has 0 fully saturated rings. The molecule has 6 nitrogen and oxygen atoms in total. The lowest BCUT2D eigenvalue weighted by Gasteiger charge is -2.34. The van der Waals surface area contributed by atoms with Gasteiger partial charge in [-0.05, 0) is 30.9 Å². The van der Waals surface area contributed by atoms with Gasteiger partial charge in [-0.15, -0.1) is 11.3 Å². The number of benzene rings is 1. The van der Waals surface area contributed by atoms with Crippen LogP contribution in [0.15, 0.2) is 24.3 Å². The summed E-state index contributed by atoms with van der Waals surface area (Å²) < 4.78 is 0. The average molecular weight is 358 g/mol. The minimum atomic E-state index is -0.468. The maximum Gasteiger partial charge on any atom is 0.240 e. The Balaban J connectivity index is 1.71. The summed E-state index contributed by atoms with van der Waals surface area (Å²) in [4.78, 5) is 31.6. The van der Waals surface area contributed by atoms with Crippen molar-refractivity contribution >= 4 is 28.3 Å². The third kappa shape index (κ3) is 3.88. The first kappa shape index (κ1) is 17.6. The predicted octanol–water partition coefficient (Wildman–Crippen LogP) is 1.86. The third-order valence-corrected chi connectivity index (χ3v) is 5.42. The molecule has 0 spiro atoms. The molecule has 0 aliphatic carbocycles. The van der Waals surface area contributed by atoms with Crippen LogP contribution in [-0.4, -0.2) is 34.3 Å². The number of aromatic nitrogens is 1. The Morgan fingerprint density at radius 3 is 2.72 bits per heavy atom. The van der Waals surface area contributed by atoms with Gasteiger partial charge in [0.05, 0.1) is 18.3 Å². The van der Waals surface area contributed by atoms with E-state index in [-0.39, 0.29) is 12.5 Å². The quantitative estimate of drug-likeness (QED) is 0.854. The van der Waals surface area contributed by atoms with Gasteiger partial charge in [-0.25, -0.2) is 4.98 Å². The van der Waals surface area contributed by atoms with E-state index in [1.54, 1.807) is 0 Å². The van der Waals surface area contributed by atoms with Crippen LogP contribution in [0.3, 0.4) is 0 Å². The molecular formula is C18H22N4O2S. The zero-order valence-electron chi connectivity index (χ0n) is 14.4. The van der Waals surface area contributed by atoms with Crippen LogP contribution in [0.25, 0.3) is 0 Å². The molecule has 0 saturated heterocycles. The number of carbonyl (C=O) groups is 2. The van der Waals surface area contributed by atoms with Crippen LogP contribution in [0.2, 0.25) is 0 Å². The minimum absolute atomic E-state index is 0.113. The number of rotatable bonds is 5. The summed E-state index contributed by atoms with van der Waals surface area (Å²) in [6.45, 7) is 4.68. The van der Waals surface area contributed by atoms with E-state index in [2.05, 4.69) is 10.3 Å². The van der Waals surface area contributed by atoms with E-state index < -0.39 is 11.9 Å². The van der Waals surface area contributed by atoms with Crippen molar-refractivity contribution in [2.45, 2.75) is 39.3 Å². The molecule has 25 heavy (non-hydrogen) atoms. The second-order valence-electron chi connectivity index (χ2n) is 6.22. The highest BCUT2D eigenvalue weighted by Crippen LogP contribution is 2.24. The molecule has 1 aromatic heterocycles. The molecule has 1 aliphatic rings. The third-order valence-electron chi connectivity index (χ3n) is 4.49. The van der Waals surface area contributed by atoms with Gasteiger partial charge in [-0.1, -0.05) is 31.2 Å². The van der Waals surface area contributed by atoms with Gasteiger partial charge in [0.25, 0.3) is 0 Å². The number of hydrogen-bond donors (Lipinski definition) is 2. The number of carbonyl (C=O) groups excluding carboxylic acids is 2. The van der Waals surface area contributed by atoms with Gasteiger partial charge in [0.2, 0.25) is 11.8 Å². The summed E-state index contributed by atoms with van der Waals surface area (Å²) in [6, 6.07) is 7.48. The molecule has 3 rings (SSSR count). The second kappa shape index (κ2) is 7.33. The fourth-order valence-electron chi connectivity index (χ4n) is 3.18. The second-order valence-corrected chi connectivity index (χ2v) is 7.42. The van der Waals surface area contributed by atoms with Crippen LogP contribution in [0.4, 0.5) is 5.13 Å². The fourth-order valence-corrected chi connectivity index (χ4v) is 4.10. The first-order valence-electron chi connectivity index (χ1n) is 8.34. The van der Waals surface area contributed by atoms with Crippen molar-refractivity contribution in [3.8, 4) is 0 Å². The maximum absolute atomic E-state index is 12.4. The molecule has 2 aromatic rings. The fraction of sp³-hybridized carbons (Fsp3) is 0.389. The van der Waals surface area contributed by atoms with Crippen LogP contribution in [-0.2, 0) is 29.0 Å². The average Bonchev–Trinajstić information content (AvgIpc) is 2.93.